The number of hydrogen-bond acceptors (Lipinski definition) is 9. The van der Waals surface area contributed by atoms with E-state index >= 15 is 0 Å². The Morgan fingerprint density at radius 2 is 1.97 bits per heavy atom. The molecule has 3 rings (SSSR count). The maximum Gasteiger partial charge on any atom is 0.252 e. The summed E-state index contributed by atoms with van der Waals surface area (Å²) < 4.78 is 38.0. The van der Waals surface area contributed by atoms with Crippen LogP contribution in [0.5, 0.6) is 5.75 Å². The van der Waals surface area contributed by atoms with E-state index in [1.54, 1.807) is 0 Å². The molecule has 1 saturated heterocycles. The minimum atomic E-state index is -3.85. The molecule has 0 atom stereocenters. The average Bonchev–Trinajstić information content (AvgIpc) is 2.76. The fourth-order valence-corrected chi connectivity index (χ4v) is 4.13. The summed E-state index contributed by atoms with van der Waals surface area (Å²) >= 11 is 0. The van der Waals surface area contributed by atoms with E-state index < -0.39 is 15.9 Å². The number of amides is 1. The van der Waals surface area contributed by atoms with Crippen molar-refractivity contribution in [2.75, 3.05) is 56.7 Å². The number of sulfonamides is 1. The van der Waals surface area contributed by atoms with Gasteiger partial charge in [0.25, 0.3) is 5.91 Å². The molecule has 0 radical (unpaired) electrons. The zero-order valence-electron chi connectivity index (χ0n) is 17.4. The number of benzene rings is 1. The van der Waals surface area contributed by atoms with Crippen molar-refractivity contribution in [1.29, 1.82) is 0 Å². The van der Waals surface area contributed by atoms with Crippen molar-refractivity contribution in [2.24, 2.45) is 5.73 Å². The van der Waals surface area contributed by atoms with Crippen LogP contribution in [-0.2, 0) is 14.8 Å². The fraction of sp³-hybridized carbons (Fsp3) is 0.421. The Kier molecular flexibility index (Phi) is 7.25. The van der Waals surface area contributed by atoms with Gasteiger partial charge < -0.3 is 25.4 Å². The summed E-state index contributed by atoms with van der Waals surface area (Å²) in [6.07, 6.45) is 0. The van der Waals surface area contributed by atoms with Crippen molar-refractivity contribution in [3.8, 4) is 5.75 Å². The summed E-state index contributed by atoms with van der Waals surface area (Å²) in [6.45, 7) is 5.04. The Balaban J connectivity index is 1.61. The number of nitrogens with two attached hydrogens (primary N) is 1. The monoisotopic (exact) mass is 450 g/mol. The molecule has 0 saturated carbocycles. The van der Waals surface area contributed by atoms with E-state index in [1.807, 2.05) is 13.0 Å². The number of anilines is 2. The highest BCUT2D eigenvalue weighted by Gasteiger charge is 2.18. The number of carbonyl (C=O) groups is 1. The summed E-state index contributed by atoms with van der Waals surface area (Å²) in [4.78, 5) is 22.4. The van der Waals surface area contributed by atoms with Crippen molar-refractivity contribution in [2.45, 2.75) is 11.8 Å². The van der Waals surface area contributed by atoms with Crippen molar-refractivity contribution < 1.29 is 22.7 Å². The van der Waals surface area contributed by atoms with Gasteiger partial charge in [0.1, 0.15) is 11.6 Å². The molecule has 11 nitrogen and oxygen atoms in total. The first-order valence-electron chi connectivity index (χ1n) is 9.70. The normalized spacial score (nSPS) is 14.3. The number of aryl methyl sites for hydroxylation is 1. The second kappa shape index (κ2) is 9.90. The van der Waals surface area contributed by atoms with E-state index in [0.29, 0.717) is 19.2 Å². The number of rotatable bonds is 9. The SMILES string of the molecule is COc1ccc(S(=O)(=O)NCCNc2nc(C)cc(N3CCOCC3)n2)cc1C(N)=O. The van der Waals surface area contributed by atoms with Crippen molar-refractivity contribution >= 4 is 27.7 Å². The lowest BCUT2D eigenvalue weighted by atomic mass is 10.2. The molecule has 0 bridgehead atoms. The Labute approximate surface area is 181 Å². The van der Waals surface area contributed by atoms with Gasteiger partial charge in [-0.15, -0.1) is 0 Å². The van der Waals surface area contributed by atoms with Gasteiger partial charge in [-0.2, -0.15) is 4.98 Å². The quantitative estimate of drug-likeness (QED) is 0.453. The van der Waals surface area contributed by atoms with Gasteiger partial charge in [0.2, 0.25) is 16.0 Å². The third-order valence-corrected chi connectivity index (χ3v) is 6.08. The second-order valence-electron chi connectivity index (χ2n) is 6.84. The third-order valence-electron chi connectivity index (χ3n) is 4.62. The summed E-state index contributed by atoms with van der Waals surface area (Å²) in [5.41, 5.74) is 6.09. The number of carbonyl (C=O) groups excluding carboxylic acids is 1. The maximum atomic E-state index is 12.6. The largest absolute Gasteiger partial charge is 0.496 e. The number of morpholine rings is 1. The van der Waals surface area contributed by atoms with Crippen LogP contribution in [0.15, 0.2) is 29.2 Å². The lowest BCUT2D eigenvalue weighted by Gasteiger charge is -2.28. The van der Waals surface area contributed by atoms with Gasteiger partial charge in [-0.1, -0.05) is 0 Å². The highest BCUT2D eigenvalue weighted by atomic mass is 32.2. The number of nitrogens with one attached hydrogen (secondary N) is 2. The molecule has 1 aromatic heterocycles. The van der Waals surface area contributed by atoms with Crippen LogP contribution in [0.25, 0.3) is 0 Å². The summed E-state index contributed by atoms with van der Waals surface area (Å²) in [5.74, 6) is 0.654. The zero-order valence-corrected chi connectivity index (χ0v) is 18.2. The van der Waals surface area contributed by atoms with E-state index in [-0.39, 0.29) is 29.3 Å². The molecule has 1 fully saturated rings. The van der Waals surface area contributed by atoms with Gasteiger partial charge in [0.15, 0.2) is 0 Å². The van der Waals surface area contributed by atoms with Gasteiger partial charge >= 0.3 is 0 Å². The van der Waals surface area contributed by atoms with E-state index in [0.717, 1.165) is 24.6 Å². The zero-order chi connectivity index (χ0) is 22.4. The lowest BCUT2D eigenvalue weighted by Crippen LogP contribution is -2.37. The Morgan fingerprint density at radius 3 is 2.65 bits per heavy atom. The van der Waals surface area contributed by atoms with Crippen LogP contribution in [0.1, 0.15) is 16.1 Å². The van der Waals surface area contributed by atoms with Gasteiger partial charge in [-0.05, 0) is 25.1 Å². The van der Waals surface area contributed by atoms with Gasteiger partial charge in [0, 0.05) is 37.9 Å². The van der Waals surface area contributed by atoms with Gasteiger partial charge in [-0.3, -0.25) is 4.79 Å². The number of methoxy groups -OCH3 is 1. The molecule has 0 unspecified atom stereocenters. The number of ether oxygens (including phenoxy) is 2. The molecule has 0 aliphatic carbocycles. The Hall–Kier alpha value is -2.96. The minimum absolute atomic E-state index is 0.00713. The van der Waals surface area contributed by atoms with Crippen LogP contribution in [0.3, 0.4) is 0 Å². The molecule has 31 heavy (non-hydrogen) atoms. The highest BCUT2D eigenvalue weighted by molar-refractivity contribution is 7.89. The Bertz CT molecular complexity index is 1040. The van der Waals surface area contributed by atoms with Crippen LogP contribution in [0.2, 0.25) is 0 Å². The molecule has 0 spiro atoms. The number of nitrogens with zero attached hydrogens (tertiary/aromatic N) is 3. The molecule has 1 amide bonds. The van der Waals surface area contributed by atoms with Gasteiger partial charge in [-0.25, -0.2) is 18.1 Å². The highest BCUT2D eigenvalue weighted by Crippen LogP contribution is 2.22. The first kappa shape index (κ1) is 22.7. The molecule has 168 valence electrons. The number of primary amides is 1. The molecule has 1 aliphatic heterocycles. The van der Waals surface area contributed by atoms with Crippen LogP contribution in [0, 0.1) is 6.92 Å². The molecule has 1 aromatic carbocycles. The number of aromatic nitrogens is 2. The molecular formula is C19H26N6O5S. The average molecular weight is 451 g/mol. The van der Waals surface area contributed by atoms with Crippen LogP contribution in [0.4, 0.5) is 11.8 Å². The van der Waals surface area contributed by atoms with E-state index in [2.05, 4.69) is 24.9 Å². The molecule has 1 aliphatic rings. The van der Waals surface area contributed by atoms with E-state index in [9.17, 15) is 13.2 Å². The Morgan fingerprint density at radius 1 is 1.23 bits per heavy atom. The summed E-state index contributed by atoms with van der Waals surface area (Å²) in [7, 11) is -2.47. The smallest absolute Gasteiger partial charge is 0.252 e. The second-order valence-corrected chi connectivity index (χ2v) is 8.61. The lowest BCUT2D eigenvalue weighted by molar-refractivity contribution is 0.0997. The molecule has 12 heteroatoms. The van der Waals surface area contributed by atoms with E-state index in [4.69, 9.17) is 15.2 Å². The first-order chi connectivity index (χ1) is 14.8. The van der Waals surface area contributed by atoms with Crippen LogP contribution >= 0.6 is 0 Å². The predicted molar refractivity (Wildman–Crippen MR) is 115 cm³/mol. The fourth-order valence-electron chi connectivity index (χ4n) is 3.08. The molecular weight excluding hydrogens is 424 g/mol. The standard InChI is InChI=1S/C19H26N6O5S/c1-13-11-17(25-7-9-30-10-8-25)24-19(23-13)21-5-6-22-31(27,28)14-3-4-16(29-2)15(12-14)18(20)26/h3-4,11-12,22H,5-10H2,1-2H3,(H2,20,26)(H,21,23,24). The third kappa shape index (κ3) is 5.81. The van der Waals surface area contributed by atoms with E-state index in [1.165, 1.54) is 25.3 Å². The first-order valence-corrected chi connectivity index (χ1v) is 11.2. The number of hydrogen-bond donors (Lipinski definition) is 3. The van der Waals surface area contributed by atoms with Crippen molar-refractivity contribution in [3.63, 3.8) is 0 Å². The topological polar surface area (TPSA) is 149 Å². The van der Waals surface area contributed by atoms with Crippen LogP contribution < -0.4 is 25.4 Å². The minimum Gasteiger partial charge on any atom is -0.496 e. The predicted octanol–water partition coefficient (Wildman–Crippen LogP) is 0.120. The molecule has 4 N–H and O–H groups in total. The van der Waals surface area contributed by atoms with Gasteiger partial charge in [0.05, 0.1) is 30.8 Å². The summed E-state index contributed by atoms with van der Waals surface area (Å²) in [5, 5.41) is 3.04. The van der Waals surface area contributed by atoms with Crippen molar-refractivity contribution in [3.05, 3.63) is 35.5 Å². The van der Waals surface area contributed by atoms with Crippen LogP contribution in [-0.4, -0.2) is 70.8 Å². The molecule has 2 aromatic rings. The maximum absolute atomic E-state index is 12.6. The summed E-state index contributed by atoms with van der Waals surface area (Å²) in [6, 6.07) is 5.83. The molecule has 2 heterocycles. The van der Waals surface area contributed by atoms with Crippen molar-refractivity contribution in [1.82, 2.24) is 14.7 Å².